The van der Waals surface area contributed by atoms with Crippen LogP contribution in [-0.4, -0.2) is 24.3 Å². The fourth-order valence-electron chi connectivity index (χ4n) is 3.70. The Morgan fingerprint density at radius 1 is 1.20 bits per heavy atom. The number of amides is 1. The molecule has 3 rings (SSSR count). The Kier molecular flexibility index (Phi) is 6.30. The van der Waals surface area contributed by atoms with E-state index in [0.717, 1.165) is 23.4 Å². The average molecular weight is 407 g/mol. The van der Waals surface area contributed by atoms with Gasteiger partial charge in [0.25, 0.3) is 0 Å². The second-order valence-corrected chi connectivity index (χ2v) is 8.86. The van der Waals surface area contributed by atoms with Crippen molar-refractivity contribution in [1.82, 2.24) is 5.32 Å². The summed E-state index contributed by atoms with van der Waals surface area (Å²) in [5.74, 6) is 0.856. The Labute approximate surface area is 178 Å². The van der Waals surface area contributed by atoms with E-state index in [9.17, 15) is 9.59 Å². The van der Waals surface area contributed by atoms with Crippen LogP contribution in [0.2, 0.25) is 0 Å². The molecule has 5 nitrogen and oxygen atoms in total. The Hall–Kier alpha value is -3.08. The number of nitrogens with one attached hydrogen (secondary N) is 2. The summed E-state index contributed by atoms with van der Waals surface area (Å²) in [6.07, 6.45) is 2.93. The highest BCUT2D eigenvalue weighted by atomic mass is 16.5. The van der Waals surface area contributed by atoms with Crippen LogP contribution in [0.1, 0.15) is 55.6 Å². The van der Waals surface area contributed by atoms with Gasteiger partial charge in [-0.2, -0.15) is 0 Å². The van der Waals surface area contributed by atoms with Crippen molar-refractivity contribution < 1.29 is 14.3 Å². The topological polar surface area (TPSA) is 67.4 Å². The molecule has 30 heavy (non-hydrogen) atoms. The molecule has 0 bridgehead atoms. The predicted octanol–water partition coefficient (Wildman–Crippen LogP) is 4.83. The maximum Gasteiger partial charge on any atom is 0.224 e. The second-order valence-electron chi connectivity index (χ2n) is 8.86. The summed E-state index contributed by atoms with van der Waals surface area (Å²) in [4.78, 5) is 25.1. The van der Waals surface area contributed by atoms with Gasteiger partial charge in [0.1, 0.15) is 5.75 Å². The van der Waals surface area contributed by atoms with Crippen LogP contribution in [0.3, 0.4) is 0 Å². The van der Waals surface area contributed by atoms with Crippen LogP contribution in [-0.2, 0) is 11.2 Å². The molecule has 1 aliphatic heterocycles. The number of allylic oxidation sites excluding steroid dienone is 1. The van der Waals surface area contributed by atoms with E-state index in [2.05, 4.69) is 30.5 Å². The maximum atomic E-state index is 13.0. The number of hydrogen-bond acceptors (Lipinski definition) is 4. The lowest BCUT2D eigenvalue weighted by Crippen LogP contribution is -2.43. The predicted molar refractivity (Wildman–Crippen MR) is 121 cm³/mol. The summed E-state index contributed by atoms with van der Waals surface area (Å²) in [5, 5.41) is 6.36. The number of carbonyl (C=O) groups is 2. The summed E-state index contributed by atoms with van der Waals surface area (Å²) in [6, 6.07) is 13.0. The zero-order valence-corrected chi connectivity index (χ0v) is 18.3. The lowest BCUT2D eigenvalue weighted by molar-refractivity contribution is -0.116. The molecule has 1 heterocycles. The SMILES string of the molecule is COc1ccc2c(c1)/C(=C/C(=O)c1cccc(NC(=O)CC(C)C)c1)NC(C)(C)C2. The molecular weight excluding hydrogens is 376 g/mol. The molecular formula is C25H30N2O3. The minimum Gasteiger partial charge on any atom is -0.497 e. The number of methoxy groups -OCH3 is 1. The quantitative estimate of drug-likeness (QED) is 0.533. The Morgan fingerprint density at radius 2 is 1.97 bits per heavy atom. The highest BCUT2D eigenvalue weighted by Gasteiger charge is 2.28. The van der Waals surface area contributed by atoms with Crippen molar-refractivity contribution in [2.24, 2.45) is 5.92 Å². The van der Waals surface area contributed by atoms with Gasteiger partial charge in [0.15, 0.2) is 5.78 Å². The number of ether oxygens (including phenoxy) is 1. The first kappa shape index (κ1) is 21.6. The van der Waals surface area contributed by atoms with E-state index in [1.807, 2.05) is 26.0 Å². The van der Waals surface area contributed by atoms with Crippen molar-refractivity contribution >= 4 is 23.1 Å². The number of ketones is 1. The smallest absolute Gasteiger partial charge is 0.224 e. The van der Waals surface area contributed by atoms with Gasteiger partial charge in [-0.1, -0.05) is 32.0 Å². The largest absolute Gasteiger partial charge is 0.497 e. The Morgan fingerprint density at radius 3 is 2.67 bits per heavy atom. The van der Waals surface area contributed by atoms with Crippen LogP contribution in [0.15, 0.2) is 48.5 Å². The van der Waals surface area contributed by atoms with E-state index < -0.39 is 0 Å². The van der Waals surface area contributed by atoms with Gasteiger partial charge in [0.05, 0.1) is 7.11 Å². The number of carbonyl (C=O) groups excluding carboxylic acids is 2. The molecule has 2 N–H and O–H groups in total. The normalized spacial score (nSPS) is 16.0. The number of benzene rings is 2. The van der Waals surface area contributed by atoms with Crippen LogP contribution >= 0.6 is 0 Å². The van der Waals surface area contributed by atoms with E-state index in [0.29, 0.717) is 17.7 Å². The number of fused-ring (bicyclic) bond motifs is 1. The number of hydrogen-bond donors (Lipinski definition) is 2. The van der Waals surface area contributed by atoms with E-state index in [1.54, 1.807) is 37.5 Å². The fraction of sp³-hybridized carbons (Fsp3) is 0.360. The van der Waals surface area contributed by atoms with E-state index >= 15 is 0 Å². The first-order valence-electron chi connectivity index (χ1n) is 10.3. The van der Waals surface area contributed by atoms with Crippen molar-refractivity contribution in [3.63, 3.8) is 0 Å². The van der Waals surface area contributed by atoms with Crippen molar-refractivity contribution in [1.29, 1.82) is 0 Å². The average Bonchev–Trinajstić information content (AvgIpc) is 2.66. The molecule has 0 saturated heterocycles. The second kappa shape index (κ2) is 8.74. The molecule has 0 atom stereocenters. The first-order valence-corrected chi connectivity index (χ1v) is 10.3. The summed E-state index contributed by atoms with van der Waals surface area (Å²) in [5.41, 5.74) is 3.92. The molecule has 1 amide bonds. The lowest BCUT2D eigenvalue weighted by Gasteiger charge is -2.35. The molecule has 0 saturated carbocycles. The number of rotatable bonds is 6. The summed E-state index contributed by atoms with van der Waals surface area (Å²) in [7, 11) is 1.63. The Balaban J connectivity index is 1.89. The van der Waals surface area contributed by atoms with E-state index in [1.165, 1.54) is 5.56 Å². The van der Waals surface area contributed by atoms with Crippen molar-refractivity contribution in [3.8, 4) is 5.75 Å². The molecule has 0 aromatic heterocycles. The fourth-order valence-corrected chi connectivity index (χ4v) is 3.70. The summed E-state index contributed by atoms with van der Waals surface area (Å²) >= 11 is 0. The summed E-state index contributed by atoms with van der Waals surface area (Å²) < 4.78 is 5.37. The molecule has 1 aliphatic rings. The van der Waals surface area contributed by atoms with Gasteiger partial charge in [-0.05, 0) is 56.0 Å². The van der Waals surface area contributed by atoms with Gasteiger partial charge < -0.3 is 15.4 Å². The van der Waals surface area contributed by atoms with Crippen LogP contribution in [0, 0.1) is 5.92 Å². The zero-order valence-electron chi connectivity index (χ0n) is 18.3. The van der Waals surface area contributed by atoms with Gasteiger partial charge in [-0.3, -0.25) is 9.59 Å². The molecule has 0 unspecified atom stereocenters. The Bertz CT molecular complexity index is 990. The van der Waals surface area contributed by atoms with Gasteiger partial charge >= 0.3 is 0 Å². The van der Waals surface area contributed by atoms with Crippen LogP contribution in [0.5, 0.6) is 5.75 Å². The first-order chi connectivity index (χ1) is 14.2. The standard InChI is InChI=1S/C25H30N2O3/c1-16(2)11-24(29)26-19-8-6-7-17(12-19)23(28)14-22-21-13-20(30-5)10-9-18(21)15-25(3,4)27-22/h6-10,12-14,16,27H,11,15H2,1-5H3,(H,26,29)/b22-14-. The van der Waals surface area contributed by atoms with Crippen molar-refractivity contribution in [2.45, 2.75) is 46.1 Å². The molecule has 0 radical (unpaired) electrons. The highest BCUT2D eigenvalue weighted by molar-refractivity contribution is 6.09. The van der Waals surface area contributed by atoms with Crippen LogP contribution in [0.4, 0.5) is 5.69 Å². The third-order valence-electron chi connectivity index (χ3n) is 5.01. The highest BCUT2D eigenvalue weighted by Crippen LogP contribution is 2.32. The van der Waals surface area contributed by atoms with Crippen LogP contribution in [0.25, 0.3) is 5.70 Å². The molecule has 0 spiro atoms. The monoisotopic (exact) mass is 406 g/mol. The van der Waals surface area contributed by atoms with Gasteiger partial charge in [-0.25, -0.2) is 0 Å². The lowest BCUT2D eigenvalue weighted by atomic mass is 9.85. The minimum atomic E-state index is -0.166. The van der Waals surface area contributed by atoms with Crippen molar-refractivity contribution in [2.75, 3.05) is 12.4 Å². The van der Waals surface area contributed by atoms with Gasteiger partial charge in [0, 0.05) is 40.5 Å². The third kappa shape index (κ3) is 5.29. The zero-order chi connectivity index (χ0) is 21.9. The maximum absolute atomic E-state index is 13.0. The van der Waals surface area contributed by atoms with Crippen LogP contribution < -0.4 is 15.4 Å². The molecule has 2 aromatic carbocycles. The minimum absolute atomic E-state index is 0.0512. The van der Waals surface area contributed by atoms with Gasteiger partial charge in [-0.15, -0.1) is 0 Å². The van der Waals surface area contributed by atoms with E-state index in [4.69, 9.17) is 4.74 Å². The van der Waals surface area contributed by atoms with Gasteiger partial charge in [0.2, 0.25) is 5.91 Å². The third-order valence-corrected chi connectivity index (χ3v) is 5.01. The van der Waals surface area contributed by atoms with E-state index in [-0.39, 0.29) is 23.1 Å². The molecule has 0 fully saturated rings. The molecule has 5 heteroatoms. The molecule has 158 valence electrons. The summed E-state index contributed by atoms with van der Waals surface area (Å²) in [6.45, 7) is 8.22. The van der Waals surface area contributed by atoms with Crippen molar-refractivity contribution in [3.05, 3.63) is 65.2 Å². The number of anilines is 1. The molecule has 0 aliphatic carbocycles. The molecule has 2 aromatic rings.